The largest absolute Gasteiger partial charge is 0.452 e. The third-order valence-electron chi connectivity index (χ3n) is 4.54. The molecule has 0 bridgehead atoms. The number of amides is 1. The molecule has 2 aromatic rings. The Labute approximate surface area is 170 Å². The molecule has 0 fully saturated rings. The Morgan fingerprint density at radius 2 is 1.90 bits per heavy atom. The zero-order valence-electron chi connectivity index (χ0n) is 16.4. The summed E-state index contributed by atoms with van der Waals surface area (Å²) in [6, 6.07) is 13.0. The SMILES string of the molecule is CC(C)CNC(=O)COC(=O)c1cccc(S(=O)(=O)N2CCc3ccccc32)c1. The Morgan fingerprint density at radius 3 is 2.66 bits per heavy atom. The van der Waals surface area contributed by atoms with Gasteiger partial charge in [0.05, 0.1) is 16.1 Å². The van der Waals surface area contributed by atoms with Gasteiger partial charge in [-0.05, 0) is 42.2 Å². The second kappa shape index (κ2) is 8.65. The van der Waals surface area contributed by atoms with Crippen molar-refractivity contribution in [2.75, 3.05) is 24.0 Å². The summed E-state index contributed by atoms with van der Waals surface area (Å²) in [5, 5.41) is 2.65. The lowest BCUT2D eigenvalue weighted by atomic mass is 10.2. The van der Waals surface area contributed by atoms with Crippen molar-refractivity contribution in [3.05, 3.63) is 59.7 Å². The van der Waals surface area contributed by atoms with Crippen molar-refractivity contribution in [3.8, 4) is 0 Å². The highest BCUT2D eigenvalue weighted by Gasteiger charge is 2.31. The highest BCUT2D eigenvalue weighted by Crippen LogP contribution is 2.32. The minimum Gasteiger partial charge on any atom is -0.452 e. The summed E-state index contributed by atoms with van der Waals surface area (Å²) >= 11 is 0. The third-order valence-corrected chi connectivity index (χ3v) is 6.35. The number of hydrogen-bond donors (Lipinski definition) is 1. The van der Waals surface area contributed by atoms with Gasteiger partial charge in [0.15, 0.2) is 6.61 Å². The molecule has 7 nitrogen and oxygen atoms in total. The maximum atomic E-state index is 13.1. The summed E-state index contributed by atoms with van der Waals surface area (Å²) in [6.07, 6.45) is 0.641. The lowest BCUT2D eigenvalue weighted by Crippen LogP contribution is -2.31. The first kappa shape index (κ1) is 20.9. The van der Waals surface area contributed by atoms with Crippen LogP contribution in [0.3, 0.4) is 0 Å². The average molecular weight is 416 g/mol. The molecular formula is C21H24N2O5S. The molecule has 29 heavy (non-hydrogen) atoms. The molecule has 0 unspecified atom stereocenters. The van der Waals surface area contributed by atoms with E-state index < -0.39 is 28.5 Å². The fourth-order valence-electron chi connectivity index (χ4n) is 3.05. The van der Waals surface area contributed by atoms with Gasteiger partial charge in [-0.3, -0.25) is 9.10 Å². The predicted molar refractivity (Wildman–Crippen MR) is 109 cm³/mol. The molecule has 1 aliphatic heterocycles. The first-order valence-corrected chi connectivity index (χ1v) is 10.9. The molecule has 0 atom stereocenters. The molecule has 154 valence electrons. The molecule has 1 N–H and O–H groups in total. The van der Waals surface area contributed by atoms with E-state index in [1.54, 1.807) is 12.1 Å². The zero-order valence-corrected chi connectivity index (χ0v) is 17.2. The van der Waals surface area contributed by atoms with E-state index in [0.29, 0.717) is 25.2 Å². The standard InChI is InChI=1S/C21H24N2O5S/c1-15(2)13-22-20(24)14-28-21(25)17-7-5-8-18(12-17)29(26,27)23-11-10-16-6-3-4-9-19(16)23/h3-9,12,15H,10-11,13-14H2,1-2H3,(H,22,24). The van der Waals surface area contributed by atoms with E-state index in [1.165, 1.54) is 28.6 Å². The van der Waals surface area contributed by atoms with Crippen LogP contribution in [-0.4, -0.2) is 40.0 Å². The van der Waals surface area contributed by atoms with Crippen LogP contribution >= 0.6 is 0 Å². The average Bonchev–Trinajstić information content (AvgIpc) is 3.15. The maximum Gasteiger partial charge on any atom is 0.338 e. The molecule has 3 rings (SSSR count). The Morgan fingerprint density at radius 1 is 1.14 bits per heavy atom. The van der Waals surface area contributed by atoms with Crippen LogP contribution in [0, 0.1) is 5.92 Å². The topological polar surface area (TPSA) is 92.8 Å². The van der Waals surface area contributed by atoms with Gasteiger partial charge in [-0.25, -0.2) is 13.2 Å². The van der Waals surface area contributed by atoms with Gasteiger partial charge in [0.2, 0.25) is 0 Å². The van der Waals surface area contributed by atoms with E-state index in [0.717, 1.165) is 5.56 Å². The summed E-state index contributed by atoms with van der Waals surface area (Å²) in [4.78, 5) is 24.0. The summed E-state index contributed by atoms with van der Waals surface area (Å²) in [5.41, 5.74) is 1.71. The number of fused-ring (bicyclic) bond motifs is 1. The van der Waals surface area contributed by atoms with E-state index in [9.17, 15) is 18.0 Å². The molecule has 1 aliphatic rings. The smallest absolute Gasteiger partial charge is 0.338 e. The van der Waals surface area contributed by atoms with Gasteiger partial charge in [0, 0.05) is 13.1 Å². The molecule has 1 amide bonds. The number of carbonyl (C=O) groups is 2. The second-order valence-electron chi connectivity index (χ2n) is 7.26. The summed E-state index contributed by atoms with van der Waals surface area (Å²) < 4.78 is 32.6. The minimum atomic E-state index is -3.81. The Bertz CT molecular complexity index is 1020. The van der Waals surface area contributed by atoms with E-state index >= 15 is 0 Å². The molecule has 1 heterocycles. The predicted octanol–water partition coefficient (Wildman–Crippen LogP) is 2.37. The van der Waals surface area contributed by atoms with Crippen LogP contribution in [0.4, 0.5) is 5.69 Å². The number of nitrogens with zero attached hydrogens (tertiary/aromatic N) is 1. The van der Waals surface area contributed by atoms with Crippen molar-refractivity contribution < 1.29 is 22.7 Å². The van der Waals surface area contributed by atoms with Gasteiger partial charge in [-0.2, -0.15) is 0 Å². The first-order valence-electron chi connectivity index (χ1n) is 9.43. The van der Waals surface area contributed by atoms with E-state index in [2.05, 4.69) is 5.32 Å². The summed E-state index contributed by atoms with van der Waals surface area (Å²) in [6.45, 7) is 4.34. The normalized spacial score (nSPS) is 13.3. The molecular weight excluding hydrogens is 392 g/mol. The van der Waals surface area contributed by atoms with Gasteiger partial charge >= 0.3 is 5.97 Å². The van der Waals surface area contributed by atoms with Crippen LogP contribution in [0.1, 0.15) is 29.8 Å². The highest BCUT2D eigenvalue weighted by molar-refractivity contribution is 7.92. The van der Waals surface area contributed by atoms with Crippen molar-refractivity contribution in [2.24, 2.45) is 5.92 Å². The lowest BCUT2D eigenvalue weighted by Gasteiger charge is -2.19. The third kappa shape index (κ3) is 4.76. The van der Waals surface area contributed by atoms with Crippen LogP contribution in [0.25, 0.3) is 0 Å². The van der Waals surface area contributed by atoms with E-state index in [1.807, 2.05) is 26.0 Å². The van der Waals surface area contributed by atoms with Crippen LogP contribution in [-0.2, 0) is 26.0 Å². The molecule has 8 heteroatoms. The summed E-state index contributed by atoms with van der Waals surface area (Å²) in [7, 11) is -3.81. The van der Waals surface area contributed by atoms with Crippen LogP contribution in [0.2, 0.25) is 0 Å². The molecule has 0 saturated heterocycles. The fraction of sp³-hybridized carbons (Fsp3) is 0.333. The molecule has 0 radical (unpaired) electrons. The molecule has 0 aliphatic carbocycles. The van der Waals surface area contributed by atoms with E-state index in [-0.39, 0.29) is 16.4 Å². The highest BCUT2D eigenvalue weighted by atomic mass is 32.2. The van der Waals surface area contributed by atoms with Gasteiger partial charge in [-0.15, -0.1) is 0 Å². The van der Waals surface area contributed by atoms with Gasteiger partial charge in [0.25, 0.3) is 15.9 Å². The molecule has 0 aromatic heterocycles. The van der Waals surface area contributed by atoms with Crippen molar-refractivity contribution in [1.29, 1.82) is 0 Å². The molecule has 0 saturated carbocycles. The Hall–Kier alpha value is -2.87. The number of ether oxygens (including phenoxy) is 1. The Balaban J connectivity index is 1.72. The van der Waals surface area contributed by atoms with E-state index in [4.69, 9.17) is 4.74 Å². The first-order chi connectivity index (χ1) is 13.8. The number of rotatable bonds is 7. The van der Waals surface area contributed by atoms with Crippen LogP contribution < -0.4 is 9.62 Å². The van der Waals surface area contributed by atoms with Gasteiger partial charge in [0.1, 0.15) is 0 Å². The number of hydrogen-bond acceptors (Lipinski definition) is 5. The minimum absolute atomic E-state index is 0.00733. The number of para-hydroxylation sites is 1. The molecule has 2 aromatic carbocycles. The monoisotopic (exact) mass is 416 g/mol. The van der Waals surface area contributed by atoms with Gasteiger partial charge < -0.3 is 10.1 Å². The number of esters is 1. The number of benzene rings is 2. The fourth-order valence-corrected chi connectivity index (χ4v) is 4.60. The van der Waals surface area contributed by atoms with Gasteiger partial charge in [-0.1, -0.05) is 38.1 Å². The number of carbonyl (C=O) groups excluding carboxylic acids is 2. The Kier molecular flexibility index (Phi) is 6.22. The van der Waals surface area contributed by atoms with Crippen molar-refractivity contribution in [2.45, 2.75) is 25.2 Å². The maximum absolute atomic E-state index is 13.1. The van der Waals surface area contributed by atoms with Crippen molar-refractivity contribution in [3.63, 3.8) is 0 Å². The van der Waals surface area contributed by atoms with Crippen LogP contribution in [0.5, 0.6) is 0 Å². The summed E-state index contributed by atoms with van der Waals surface area (Å²) in [5.74, 6) is -0.861. The number of nitrogens with one attached hydrogen (secondary N) is 1. The number of anilines is 1. The zero-order chi connectivity index (χ0) is 21.0. The quantitative estimate of drug-likeness (QED) is 0.700. The lowest BCUT2D eigenvalue weighted by molar-refractivity contribution is -0.124. The van der Waals surface area contributed by atoms with Crippen molar-refractivity contribution >= 4 is 27.6 Å². The van der Waals surface area contributed by atoms with Crippen molar-refractivity contribution in [1.82, 2.24) is 5.32 Å². The second-order valence-corrected chi connectivity index (χ2v) is 9.12. The molecule has 0 spiro atoms. The van der Waals surface area contributed by atoms with Crippen LogP contribution in [0.15, 0.2) is 53.4 Å². The number of sulfonamides is 1.